The Kier molecular flexibility index (Phi) is 4.87. The van der Waals surface area contributed by atoms with Gasteiger partial charge in [-0.3, -0.25) is 0 Å². The lowest BCUT2D eigenvalue weighted by Gasteiger charge is -2.18. The molecule has 1 nitrogen and oxygen atoms in total. The zero-order chi connectivity index (χ0) is 13.8. The molecule has 0 aliphatic carbocycles. The van der Waals surface area contributed by atoms with Crippen molar-refractivity contribution in [2.75, 3.05) is 0 Å². The molecule has 0 bridgehead atoms. The molecule has 0 radical (unpaired) electrons. The second kappa shape index (κ2) is 6.42. The van der Waals surface area contributed by atoms with Gasteiger partial charge in [0.25, 0.3) is 0 Å². The van der Waals surface area contributed by atoms with Crippen LogP contribution in [0.15, 0.2) is 48.5 Å². The minimum atomic E-state index is -0.610. The van der Waals surface area contributed by atoms with Crippen LogP contribution < -0.4 is 0 Å². The number of aliphatic hydroxyl groups excluding tert-OH is 1. The predicted octanol–water partition coefficient (Wildman–Crippen LogP) is 5.22. The van der Waals surface area contributed by atoms with Crippen LogP contribution in [-0.2, 0) is 0 Å². The first-order valence-electron chi connectivity index (χ1n) is 6.26. The zero-order valence-corrected chi connectivity index (χ0v) is 12.2. The first-order valence-corrected chi connectivity index (χ1v) is 7.01. The Balaban J connectivity index is 2.13. The highest BCUT2D eigenvalue weighted by atomic mass is 35.5. The van der Waals surface area contributed by atoms with Gasteiger partial charge in [-0.15, -0.1) is 0 Å². The van der Waals surface area contributed by atoms with Crippen LogP contribution in [0.1, 0.15) is 36.5 Å². The average molecular weight is 295 g/mol. The summed E-state index contributed by atoms with van der Waals surface area (Å²) < 4.78 is 0. The lowest BCUT2D eigenvalue weighted by atomic mass is 9.92. The number of halogens is 2. The molecule has 2 aromatic rings. The van der Waals surface area contributed by atoms with Crippen molar-refractivity contribution in [2.45, 2.75) is 25.4 Å². The Morgan fingerprint density at radius 3 is 2.42 bits per heavy atom. The molecule has 0 amide bonds. The minimum Gasteiger partial charge on any atom is -0.388 e. The summed E-state index contributed by atoms with van der Waals surface area (Å²) in [6.07, 6.45) is 0.00535. The molecule has 100 valence electrons. The monoisotopic (exact) mass is 294 g/mol. The molecule has 0 heterocycles. The first kappa shape index (κ1) is 14.4. The number of rotatable bonds is 4. The molecule has 0 saturated carbocycles. The molecule has 0 saturated heterocycles. The van der Waals surface area contributed by atoms with E-state index in [0.29, 0.717) is 22.0 Å². The predicted molar refractivity (Wildman–Crippen MR) is 80.9 cm³/mol. The normalized spacial score (nSPS) is 14.1. The molecule has 1 N–H and O–H groups in total. The van der Waals surface area contributed by atoms with Crippen LogP contribution in [0, 0.1) is 0 Å². The molecular formula is C16H16Cl2O. The lowest BCUT2D eigenvalue weighted by molar-refractivity contribution is 0.159. The maximum atomic E-state index is 10.3. The fourth-order valence-corrected chi connectivity index (χ4v) is 2.57. The van der Waals surface area contributed by atoms with Crippen molar-refractivity contribution in [3.8, 4) is 0 Å². The van der Waals surface area contributed by atoms with Gasteiger partial charge >= 0.3 is 0 Å². The molecule has 2 atom stereocenters. The minimum absolute atomic E-state index is 0.256. The van der Waals surface area contributed by atoms with Crippen molar-refractivity contribution >= 4 is 23.2 Å². The van der Waals surface area contributed by atoms with E-state index in [-0.39, 0.29) is 5.92 Å². The highest BCUT2D eigenvalue weighted by molar-refractivity contribution is 6.33. The van der Waals surface area contributed by atoms with Gasteiger partial charge in [-0.25, -0.2) is 0 Å². The summed E-state index contributed by atoms with van der Waals surface area (Å²) in [4.78, 5) is 0. The third kappa shape index (κ3) is 3.73. The van der Waals surface area contributed by atoms with E-state index < -0.39 is 6.10 Å². The summed E-state index contributed by atoms with van der Waals surface area (Å²) in [5, 5.41) is 11.5. The van der Waals surface area contributed by atoms with E-state index in [1.54, 1.807) is 18.2 Å². The van der Waals surface area contributed by atoms with E-state index in [4.69, 9.17) is 23.2 Å². The van der Waals surface area contributed by atoms with Gasteiger partial charge in [0.15, 0.2) is 0 Å². The second-order valence-corrected chi connectivity index (χ2v) is 5.57. The summed E-state index contributed by atoms with van der Waals surface area (Å²) in [5.41, 5.74) is 1.90. The van der Waals surface area contributed by atoms with Gasteiger partial charge in [0.2, 0.25) is 0 Å². The van der Waals surface area contributed by atoms with E-state index in [0.717, 1.165) is 0 Å². The summed E-state index contributed by atoms with van der Waals surface area (Å²) in [6, 6.07) is 15.3. The highest BCUT2D eigenvalue weighted by Crippen LogP contribution is 2.32. The summed E-state index contributed by atoms with van der Waals surface area (Å²) in [7, 11) is 0. The van der Waals surface area contributed by atoms with Crippen molar-refractivity contribution < 1.29 is 5.11 Å². The summed E-state index contributed by atoms with van der Waals surface area (Å²) in [5.74, 6) is 0.256. The van der Waals surface area contributed by atoms with Gasteiger partial charge in [0.05, 0.1) is 6.10 Å². The van der Waals surface area contributed by atoms with Crippen molar-refractivity contribution in [1.82, 2.24) is 0 Å². The van der Waals surface area contributed by atoms with Crippen LogP contribution in [0.2, 0.25) is 10.0 Å². The Bertz CT molecular complexity index is 540. The highest BCUT2D eigenvalue weighted by Gasteiger charge is 2.16. The molecule has 3 heteroatoms. The molecule has 0 spiro atoms. The average Bonchev–Trinajstić information content (AvgIpc) is 2.42. The molecule has 0 aromatic heterocycles. The maximum Gasteiger partial charge on any atom is 0.0810 e. The van der Waals surface area contributed by atoms with Crippen molar-refractivity contribution in [3.63, 3.8) is 0 Å². The molecule has 2 unspecified atom stereocenters. The van der Waals surface area contributed by atoms with Crippen molar-refractivity contribution in [2.24, 2.45) is 0 Å². The Morgan fingerprint density at radius 2 is 1.74 bits per heavy atom. The van der Waals surface area contributed by atoms with Crippen LogP contribution in [-0.4, -0.2) is 5.11 Å². The topological polar surface area (TPSA) is 20.2 Å². The van der Waals surface area contributed by atoms with E-state index in [9.17, 15) is 5.11 Å². The fourth-order valence-electron chi connectivity index (χ4n) is 2.15. The smallest absolute Gasteiger partial charge is 0.0810 e. The molecule has 2 aromatic carbocycles. The fraction of sp³-hybridized carbons (Fsp3) is 0.250. The van der Waals surface area contributed by atoms with Crippen LogP contribution in [0.25, 0.3) is 0 Å². The quantitative estimate of drug-likeness (QED) is 0.819. The number of benzene rings is 2. The maximum absolute atomic E-state index is 10.3. The SMILES string of the molecule is CC(CC(O)c1cc(Cl)ccc1Cl)c1ccccc1. The zero-order valence-electron chi connectivity index (χ0n) is 10.7. The third-order valence-corrected chi connectivity index (χ3v) is 3.84. The Hall–Kier alpha value is -1.02. The van der Waals surface area contributed by atoms with E-state index in [2.05, 4.69) is 19.1 Å². The van der Waals surface area contributed by atoms with Crippen LogP contribution in [0.4, 0.5) is 0 Å². The molecule has 2 rings (SSSR count). The third-order valence-electron chi connectivity index (χ3n) is 3.26. The second-order valence-electron chi connectivity index (χ2n) is 4.73. The Labute approximate surface area is 123 Å². The van der Waals surface area contributed by atoms with Crippen LogP contribution in [0.3, 0.4) is 0 Å². The van der Waals surface area contributed by atoms with Gasteiger partial charge < -0.3 is 5.11 Å². The van der Waals surface area contributed by atoms with Gasteiger partial charge in [0, 0.05) is 15.6 Å². The number of hydrogen-bond acceptors (Lipinski definition) is 1. The lowest BCUT2D eigenvalue weighted by Crippen LogP contribution is -2.04. The number of aliphatic hydroxyl groups is 1. The molecule has 19 heavy (non-hydrogen) atoms. The largest absolute Gasteiger partial charge is 0.388 e. The molecule has 0 aliphatic rings. The van der Waals surface area contributed by atoms with E-state index in [1.807, 2.05) is 18.2 Å². The van der Waals surface area contributed by atoms with E-state index in [1.165, 1.54) is 5.56 Å². The van der Waals surface area contributed by atoms with Gasteiger partial charge in [-0.1, -0.05) is 60.5 Å². The van der Waals surface area contributed by atoms with Gasteiger partial charge in [-0.2, -0.15) is 0 Å². The first-order chi connectivity index (χ1) is 9.08. The molecule has 0 aliphatic heterocycles. The molecule has 0 fully saturated rings. The summed E-state index contributed by atoms with van der Waals surface area (Å²) in [6.45, 7) is 2.09. The van der Waals surface area contributed by atoms with E-state index >= 15 is 0 Å². The van der Waals surface area contributed by atoms with Crippen LogP contribution in [0.5, 0.6) is 0 Å². The molecular weight excluding hydrogens is 279 g/mol. The van der Waals surface area contributed by atoms with Gasteiger partial charge in [0.1, 0.15) is 0 Å². The van der Waals surface area contributed by atoms with Crippen molar-refractivity contribution in [1.29, 1.82) is 0 Å². The number of hydrogen-bond donors (Lipinski definition) is 1. The van der Waals surface area contributed by atoms with Gasteiger partial charge in [-0.05, 0) is 36.1 Å². The van der Waals surface area contributed by atoms with Crippen LogP contribution >= 0.6 is 23.2 Å². The standard InChI is InChI=1S/C16H16Cl2O/c1-11(12-5-3-2-4-6-12)9-16(19)14-10-13(17)7-8-15(14)18/h2-8,10-11,16,19H,9H2,1H3. The Morgan fingerprint density at radius 1 is 1.05 bits per heavy atom. The van der Waals surface area contributed by atoms with Crippen molar-refractivity contribution in [3.05, 3.63) is 69.7 Å². The summed E-state index contributed by atoms with van der Waals surface area (Å²) >= 11 is 12.0.